The van der Waals surface area contributed by atoms with Crippen LogP contribution < -0.4 is 21.1 Å². The number of amides is 2. The molecule has 1 aromatic carbocycles. The SMILES string of the molecule is CNC(=O)COc1cccc(NC(=O)CC(N)C2CC2)c1. The van der Waals surface area contributed by atoms with Gasteiger partial charge in [-0.15, -0.1) is 0 Å². The van der Waals surface area contributed by atoms with Crippen molar-refractivity contribution < 1.29 is 14.3 Å². The summed E-state index contributed by atoms with van der Waals surface area (Å²) in [5, 5.41) is 5.27. The lowest BCUT2D eigenvalue weighted by atomic mass is 10.1. The maximum atomic E-state index is 11.9. The van der Waals surface area contributed by atoms with Crippen molar-refractivity contribution >= 4 is 17.5 Å². The summed E-state index contributed by atoms with van der Waals surface area (Å²) in [4.78, 5) is 23.0. The predicted molar refractivity (Wildman–Crippen MR) is 79.9 cm³/mol. The summed E-state index contributed by atoms with van der Waals surface area (Å²) < 4.78 is 5.32. The third kappa shape index (κ3) is 5.07. The molecule has 6 heteroatoms. The van der Waals surface area contributed by atoms with E-state index in [4.69, 9.17) is 10.5 Å². The predicted octanol–water partition coefficient (Wildman–Crippen LogP) is 0.877. The minimum Gasteiger partial charge on any atom is -0.484 e. The van der Waals surface area contributed by atoms with Crippen molar-refractivity contribution in [1.82, 2.24) is 5.32 Å². The van der Waals surface area contributed by atoms with Crippen molar-refractivity contribution in [2.75, 3.05) is 19.0 Å². The maximum Gasteiger partial charge on any atom is 0.257 e. The quantitative estimate of drug-likeness (QED) is 0.695. The number of likely N-dealkylation sites (N-methyl/N-ethyl adjacent to an activating group) is 1. The molecular formula is C15H21N3O3. The summed E-state index contributed by atoms with van der Waals surface area (Å²) >= 11 is 0. The number of carbonyl (C=O) groups is 2. The molecule has 2 amide bonds. The highest BCUT2D eigenvalue weighted by Crippen LogP contribution is 2.32. The molecule has 1 fully saturated rings. The Morgan fingerprint density at radius 1 is 1.38 bits per heavy atom. The monoisotopic (exact) mass is 291 g/mol. The lowest BCUT2D eigenvalue weighted by molar-refractivity contribution is -0.122. The van der Waals surface area contributed by atoms with Gasteiger partial charge in [0.2, 0.25) is 5.91 Å². The second-order valence-electron chi connectivity index (χ2n) is 5.24. The minimum atomic E-state index is -0.208. The average molecular weight is 291 g/mol. The Bertz CT molecular complexity index is 515. The number of anilines is 1. The molecule has 0 aromatic heterocycles. The third-order valence-corrected chi connectivity index (χ3v) is 3.42. The summed E-state index contributed by atoms with van der Waals surface area (Å²) in [5.74, 6) is 0.721. The highest BCUT2D eigenvalue weighted by Gasteiger charge is 2.29. The van der Waals surface area contributed by atoms with Gasteiger partial charge in [-0.3, -0.25) is 9.59 Å². The van der Waals surface area contributed by atoms with Crippen molar-refractivity contribution in [2.45, 2.75) is 25.3 Å². The van der Waals surface area contributed by atoms with E-state index in [1.165, 1.54) is 0 Å². The number of hydrogen-bond donors (Lipinski definition) is 3. The van der Waals surface area contributed by atoms with E-state index in [1.54, 1.807) is 31.3 Å². The number of rotatable bonds is 7. The highest BCUT2D eigenvalue weighted by atomic mass is 16.5. The standard InChI is InChI=1S/C15H21N3O3/c1-17-15(20)9-21-12-4-2-3-11(7-12)18-14(19)8-13(16)10-5-6-10/h2-4,7,10,13H,5-6,8-9,16H2,1H3,(H,17,20)(H,18,19). The molecule has 4 N–H and O–H groups in total. The summed E-state index contributed by atoms with van der Waals surface area (Å²) in [7, 11) is 1.55. The molecule has 21 heavy (non-hydrogen) atoms. The van der Waals surface area contributed by atoms with E-state index in [0.717, 1.165) is 12.8 Å². The topological polar surface area (TPSA) is 93.5 Å². The second-order valence-corrected chi connectivity index (χ2v) is 5.24. The Kier molecular flexibility index (Phi) is 5.16. The number of benzene rings is 1. The summed E-state index contributed by atoms with van der Waals surface area (Å²) in [6.45, 7) is -0.0551. The Hall–Kier alpha value is -2.08. The Morgan fingerprint density at radius 3 is 2.81 bits per heavy atom. The van der Waals surface area contributed by atoms with Crippen LogP contribution in [0, 0.1) is 5.92 Å². The molecular weight excluding hydrogens is 270 g/mol. The van der Waals surface area contributed by atoms with E-state index >= 15 is 0 Å². The molecule has 0 aliphatic heterocycles. The molecule has 1 aliphatic rings. The first kappa shape index (κ1) is 15.3. The van der Waals surface area contributed by atoms with Gasteiger partial charge in [0.25, 0.3) is 5.91 Å². The van der Waals surface area contributed by atoms with Crippen LogP contribution in [0.3, 0.4) is 0 Å². The van der Waals surface area contributed by atoms with E-state index in [9.17, 15) is 9.59 Å². The van der Waals surface area contributed by atoms with Gasteiger partial charge in [0.1, 0.15) is 5.75 Å². The van der Waals surface area contributed by atoms with Crippen LogP contribution in [0.2, 0.25) is 0 Å². The Morgan fingerprint density at radius 2 is 2.14 bits per heavy atom. The van der Waals surface area contributed by atoms with Gasteiger partial charge in [0, 0.05) is 31.3 Å². The molecule has 0 heterocycles. The van der Waals surface area contributed by atoms with Crippen molar-refractivity contribution in [3.8, 4) is 5.75 Å². The van der Waals surface area contributed by atoms with Crippen LogP contribution in [0.25, 0.3) is 0 Å². The number of ether oxygens (including phenoxy) is 1. The molecule has 0 spiro atoms. The molecule has 1 unspecified atom stereocenters. The second kappa shape index (κ2) is 7.08. The lowest BCUT2D eigenvalue weighted by Gasteiger charge is -2.11. The minimum absolute atomic E-state index is 0.0551. The summed E-state index contributed by atoms with van der Waals surface area (Å²) in [5.41, 5.74) is 6.57. The van der Waals surface area contributed by atoms with Crippen molar-refractivity contribution in [2.24, 2.45) is 11.7 Å². The first-order chi connectivity index (χ1) is 10.1. The fourth-order valence-corrected chi connectivity index (χ4v) is 2.00. The maximum absolute atomic E-state index is 11.9. The number of hydrogen-bond acceptors (Lipinski definition) is 4. The van der Waals surface area contributed by atoms with Crippen molar-refractivity contribution in [3.63, 3.8) is 0 Å². The normalized spacial score (nSPS) is 15.1. The molecule has 114 valence electrons. The molecule has 1 saturated carbocycles. The molecule has 1 atom stereocenters. The molecule has 0 saturated heterocycles. The number of nitrogens with two attached hydrogens (primary N) is 1. The van der Waals surface area contributed by atoms with Crippen LogP contribution in [-0.2, 0) is 9.59 Å². The fourth-order valence-electron chi connectivity index (χ4n) is 2.00. The van der Waals surface area contributed by atoms with Crippen LogP contribution in [0.15, 0.2) is 24.3 Å². The van der Waals surface area contributed by atoms with E-state index < -0.39 is 0 Å². The van der Waals surface area contributed by atoms with Crippen LogP contribution in [0.1, 0.15) is 19.3 Å². The zero-order chi connectivity index (χ0) is 15.2. The number of carbonyl (C=O) groups excluding carboxylic acids is 2. The van der Waals surface area contributed by atoms with Gasteiger partial charge < -0.3 is 21.1 Å². The van der Waals surface area contributed by atoms with Gasteiger partial charge in [-0.1, -0.05) is 6.07 Å². The van der Waals surface area contributed by atoms with E-state index in [2.05, 4.69) is 10.6 Å². The van der Waals surface area contributed by atoms with Crippen LogP contribution in [0.4, 0.5) is 5.69 Å². The number of nitrogens with one attached hydrogen (secondary N) is 2. The van der Waals surface area contributed by atoms with Gasteiger partial charge in [-0.2, -0.15) is 0 Å². The van der Waals surface area contributed by atoms with Crippen molar-refractivity contribution in [1.29, 1.82) is 0 Å². The zero-order valence-electron chi connectivity index (χ0n) is 12.1. The highest BCUT2D eigenvalue weighted by molar-refractivity contribution is 5.91. The van der Waals surface area contributed by atoms with Gasteiger partial charge in [0.05, 0.1) is 0 Å². The van der Waals surface area contributed by atoms with Crippen LogP contribution in [0.5, 0.6) is 5.75 Å². The molecule has 1 aliphatic carbocycles. The fraction of sp³-hybridized carbons (Fsp3) is 0.467. The molecule has 0 radical (unpaired) electrons. The van der Waals surface area contributed by atoms with Gasteiger partial charge in [-0.25, -0.2) is 0 Å². The van der Waals surface area contributed by atoms with E-state index in [0.29, 0.717) is 23.8 Å². The molecule has 0 bridgehead atoms. The average Bonchev–Trinajstić information content (AvgIpc) is 3.29. The smallest absolute Gasteiger partial charge is 0.257 e. The lowest BCUT2D eigenvalue weighted by Crippen LogP contribution is -2.28. The first-order valence-corrected chi connectivity index (χ1v) is 7.07. The van der Waals surface area contributed by atoms with Gasteiger partial charge >= 0.3 is 0 Å². The van der Waals surface area contributed by atoms with Gasteiger partial charge in [0.15, 0.2) is 6.61 Å². The Balaban J connectivity index is 1.84. The Labute approximate surface area is 124 Å². The molecule has 6 nitrogen and oxygen atoms in total. The van der Waals surface area contributed by atoms with Crippen LogP contribution >= 0.6 is 0 Å². The van der Waals surface area contributed by atoms with Crippen LogP contribution in [-0.4, -0.2) is 31.5 Å². The van der Waals surface area contributed by atoms with Crippen molar-refractivity contribution in [3.05, 3.63) is 24.3 Å². The first-order valence-electron chi connectivity index (χ1n) is 7.07. The molecule has 1 aromatic rings. The van der Waals surface area contributed by atoms with E-state index in [-0.39, 0.29) is 24.5 Å². The summed E-state index contributed by atoms with van der Waals surface area (Å²) in [6.07, 6.45) is 2.57. The third-order valence-electron chi connectivity index (χ3n) is 3.42. The zero-order valence-corrected chi connectivity index (χ0v) is 12.1. The summed E-state index contributed by atoms with van der Waals surface area (Å²) in [6, 6.07) is 6.89. The van der Waals surface area contributed by atoms with Gasteiger partial charge in [-0.05, 0) is 30.9 Å². The van der Waals surface area contributed by atoms with E-state index in [1.807, 2.05) is 0 Å². The molecule has 2 rings (SSSR count). The largest absolute Gasteiger partial charge is 0.484 e.